The molecule has 0 bridgehead atoms. The van der Waals surface area contributed by atoms with Crippen LogP contribution in [0.5, 0.6) is 0 Å². The number of aromatic nitrogens is 2. The maximum absolute atomic E-state index is 12.3. The summed E-state index contributed by atoms with van der Waals surface area (Å²) in [4.78, 5) is 22.1. The molecule has 0 aliphatic heterocycles. The van der Waals surface area contributed by atoms with Gasteiger partial charge < -0.3 is 4.98 Å². The molecule has 0 spiro atoms. The number of H-pyrrole nitrogens is 1. The van der Waals surface area contributed by atoms with Crippen molar-refractivity contribution in [2.24, 2.45) is 0 Å². The smallest absolute Gasteiger partial charge is 0.259 e. The number of fused-ring (bicyclic) bond motifs is 1. The van der Waals surface area contributed by atoms with Crippen molar-refractivity contribution in [2.45, 2.75) is 63.4 Å². The molecule has 1 aliphatic rings. The van der Waals surface area contributed by atoms with Crippen LogP contribution in [0.25, 0.3) is 10.2 Å². The summed E-state index contributed by atoms with van der Waals surface area (Å²) in [6.07, 6.45) is 6.67. The molecule has 3 rings (SSSR count). The van der Waals surface area contributed by atoms with Crippen molar-refractivity contribution in [1.82, 2.24) is 9.97 Å². The number of aromatic amines is 1. The van der Waals surface area contributed by atoms with Gasteiger partial charge in [-0.2, -0.15) is 0 Å². The summed E-state index contributed by atoms with van der Waals surface area (Å²) < 4.78 is 0. The summed E-state index contributed by atoms with van der Waals surface area (Å²) in [5, 5.41) is 1.76. The minimum atomic E-state index is 0.0212. The van der Waals surface area contributed by atoms with Crippen molar-refractivity contribution >= 4 is 33.3 Å². The van der Waals surface area contributed by atoms with Gasteiger partial charge in [0.15, 0.2) is 0 Å². The molecule has 0 aromatic carbocycles. The van der Waals surface area contributed by atoms with Crippen molar-refractivity contribution in [3.63, 3.8) is 0 Å². The summed E-state index contributed by atoms with van der Waals surface area (Å²) in [6.45, 7) is 6.22. The van der Waals surface area contributed by atoms with E-state index in [1.165, 1.54) is 37.0 Å². The van der Waals surface area contributed by atoms with E-state index in [4.69, 9.17) is 4.98 Å². The second-order valence-electron chi connectivity index (χ2n) is 5.95. The molecule has 2 aromatic rings. The van der Waals surface area contributed by atoms with Gasteiger partial charge in [0.25, 0.3) is 5.56 Å². The third kappa shape index (κ3) is 3.04. The van der Waals surface area contributed by atoms with E-state index in [2.05, 4.69) is 18.8 Å². The van der Waals surface area contributed by atoms with Crippen molar-refractivity contribution in [1.29, 1.82) is 0 Å². The van der Waals surface area contributed by atoms with Gasteiger partial charge >= 0.3 is 0 Å². The maximum Gasteiger partial charge on any atom is 0.259 e. The van der Waals surface area contributed by atoms with Crippen LogP contribution >= 0.6 is 23.1 Å². The zero-order valence-electron chi connectivity index (χ0n) is 12.9. The predicted octanol–water partition coefficient (Wildman–Crippen LogP) is 4.73. The number of nitrogens with one attached hydrogen (secondary N) is 1. The molecule has 1 saturated carbocycles. The number of hydrogen-bond donors (Lipinski definition) is 1. The number of thiophene rings is 1. The highest BCUT2D eigenvalue weighted by Crippen LogP contribution is 2.37. The molecule has 1 N–H and O–H groups in total. The van der Waals surface area contributed by atoms with Gasteiger partial charge in [0, 0.05) is 10.1 Å². The molecular weight excluding hydrogens is 300 g/mol. The Morgan fingerprint density at radius 2 is 2.00 bits per heavy atom. The van der Waals surface area contributed by atoms with Crippen LogP contribution in [0.3, 0.4) is 0 Å². The SMILES string of the molecule is Cc1sc2nc(C(C)SC3CCCCC3)[nH]c(=O)c2c1C. The fraction of sp³-hybridized carbons (Fsp3) is 0.625. The van der Waals surface area contributed by atoms with E-state index in [1.807, 2.05) is 18.7 Å². The van der Waals surface area contributed by atoms with Crippen LogP contribution in [-0.4, -0.2) is 15.2 Å². The van der Waals surface area contributed by atoms with Crippen LogP contribution in [0.4, 0.5) is 0 Å². The van der Waals surface area contributed by atoms with E-state index in [0.29, 0.717) is 0 Å². The van der Waals surface area contributed by atoms with Crippen molar-refractivity contribution < 1.29 is 0 Å². The lowest BCUT2D eigenvalue weighted by atomic mass is 10.0. The first-order chi connectivity index (χ1) is 10.1. The third-order valence-corrected chi connectivity index (χ3v) is 6.98. The third-order valence-electron chi connectivity index (χ3n) is 4.39. The molecule has 5 heteroatoms. The number of hydrogen-bond acceptors (Lipinski definition) is 4. The second-order valence-corrected chi connectivity index (χ2v) is 8.80. The highest BCUT2D eigenvalue weighted by atomic mass is 32.2. The molecule has 21 heavy (non-hydrogen) atoms. The quantitative estimate of drug-likeness (QED) is 0.888. The van der Waals surface area contributed by atoms with Gasteiger partial charge in [0.05, 0.1) is 10.6 Å². The average molecular weight is 322 g/mol. The number of rotatable bonds is 3. The van der Waals surface area contributed by atoms with Crippen LogP contribution in [0.1, 0.15) is 60.5 Å². The van der Waals surface area contributed by atoms with E-state index in [1.54, 1.807) is 11.3 Å². The average Bonchev–Trinajstić information content (AvgIpc) is 2.75. The topological polar surface area (TPSA) is 45.8 Å². The Bertz CT molecular complexity index is 698. The van der Waals surface area contributed by atoms with Crippen molar-refractivity contribution in [3.8, 4) is 0 Å². The predicted molar refractivity (Wildman–Crippen MR) is 92.6 cm³/mol. The second kappa shape index (κ2) is 6.13. The molecule has 114 valence electrons. The van der Waals surface area contributed by atoms with E-state index in [-0.39, 0.29) is 10.8 Å². The van der Waals surface area contributed by atoms with Gasteiger partial charge in [0.1, 0.15) is 10.7 Å². The number of thioether (sulfide) groups is 1. The Hall–Kier alpha value is -0.810. The molecule has 2 aromatic heterocycles. The van der Waals surface area contributed by atoms with Crippen LogP contribution < -0.4 is 5.56 Å². The van der Waals surface area contributed by atoms with Crippen LogP contribution in [0.15, 0.2) is 4.79 Å². The number of nitrogens with zero attached hydrogens (tertiary/aromatic N) is 1. The molecule has 0 amide bonds. The Labute approximate surface area is 133 Å². The molecule has 1 aliphatic carbocycles. The Kier molecular flexibility index (Phi) is 4.41. The summed E-state index contributed by atoms with van der Waals surface area (Å²) in [6, 6.07) is 0. The molecule has 1 unspecified atom stereocenters. The summed E-state index contributed by atoms with van der Waals surface area (Å²) in [5.41, 5.74) is 1.09. The van der Waals surface area contributed by atoms with E-state index >= 15 is 0 Å². The maximum atomic E-state index is 12.3. The fourth-order valence-corrected chi connectivity index (χ4v) is 5.48. The minimum absolute atomic E-state index is 0.0212. The molecule has 0 saturated heterocycles. The van der Waals surface area contributed by atoms with Crippen LogP contribution in [0, 0.1) is 13.8 Å². The minimum Gasteiger partial charge on any atom is -0.309 e. The number of aryl methyl sites for hydroxylation is 2. The molecule has 1 fully saturated rings. The zero-order chi connectivity index (χ0) is 15.0. The molecule has 3 nitrogen and oxygen atoms in total. The normalized spacial score (nSPS) is 18.2. The van der Waals surface area contributed by atoms with Crippen LogP contribution in [0.2, 0.25) is 0 Å². The Morgan fingerprint density at radius 3 is 2.71 bits per heavy atom. The Balaban J connectivity index is 1.87. The summed E-state index contributed by atoms with van der Waals surface area (Å²) >= 11 is 3.60. The van der Waals surface area contributed by atoms with Crippen molar-refractivity contribution in [2.75, 3.05) is 0 Å². The standard InChI is InChI=1S/C16H22N2OS2/c1-9-10(2)21-16-13(9)15(19)17-14(18-16)11(3)20-12-7-5-4-6-8-12/h11-12H,4-8H2,1-3H3,(H,17,18,19). The lowest BCUT2D eigenvalue weighted by Crippen LogP contribution is -2.15. The van der Waals surface area contributed by atoms with Crippen LogP contribution in [-0.2, 0) is 0 Å². The molecule has 1 atom stereocenters. The summed E-state index contributed by atoms with van der Waals surface area (Å²) in [7, 11) is 0. The monoisotopic (exact) mass is 322 g/mol. The lowest BCUT2D eigenvalue weighted by molar-refractivity contribution is 0.515. The molecule has 0 radical (unpaired) electrons. The van der Waals surface area contributed by atoms with Gasteiger partial charge in [-0.3, -0.25) is 4.79 Å². The van der Waals surface area contributed by atoms with Gasteiger partial charge in [-0.25, -0.2) is 4.98 Å². The van der Waals surface area contributed by atoms with E-state index in [0.717, 1.165) is 26.9 Å². The van der Waals surface area contributed by atoms with Gasteiger partial charge in [0.2, 0.25) is 0 Å². The molecule has 2 heterocycles. The largest absolute Gasteiger partial charge is 0.309 e. The first-order valence-electron chi connectivity index (χ1n) is 7.71. The van der Waals surface area contributed by atoms with E-state index < -0.39 is 0 Å². The highest BCUT2D eigenvalue weighted by Gasteiger charge is 2.20. The van der Waals surface area contributed by atoms with Crippen molar-refractivity contribution in [3.05, 3.63) is 26.6 Å². The van der Waals surface area contributed by atoms with Gasteiger partial charge in [-0.05, 0) is 39.2 Å². The highest BCUT2D eigenvalue weighted by molar-refractivity contribution is 8.00. The lowest BCUT2D eigenvalue weighted by Gasteiger charge is -2.23. The fourth-order valence-electron chi connectivity index (χ4n) is 3.02. The van der Waals surface area contributed by atoms with Gasteiger partial charge in [-0.1, -0.05) is 19.3 Å². The Morgan fingerprint density at radius 1 is 1.29 bits per heavy atom. The van der Waals surface area contributed by atoms with E-state index in [9.17, 15) is 4.79 Å². The zero-order valence-corrected chi connectivity index (χ0v) is 14.5. The first kappa shape index (κ1) is 15.1. The molecular formula is C16H22N2OS2. The first-order valence-corrected chi connectivity index (χ1v) is 9.47. The van der Waals surface area contributed by atoms with Gasteiger partial charge in [-0.15, -0.1) is 23.1 Å². The summed E-state index contributed by atoms with van der Waals surface area (Å²) in [5.74, 6) is 0.837.